The van der Waals surface area contributed by atoms with Crippen LogP contribution in [0, 0.1) is 6.92 Å². The van der Waals surface area contributed by atoms with Gasteiger partial charge in [-0.05, 0) is 37.1 Å². The molecule has 1 heterocycles. The van der Waals surface area contributed by atoms with Gasteiger partial charge >= 0.3 is 0 Å². The first-order valence-corrected chi connectivity index (χ1v) is 5.61. The van der Waals surface area contributed by atoms with Crippen molar-refractivity contribution in [1.82, 2.24) is 10.2 Å². The first-order valence-electron chi connectivity index (χ1n) is 5.61. The van der Waals surface area contributed by atoms with Crippen LogP contribution < -0.4 is 5.32 Å². The zero-order valence-corrected chi connectivity index (χ0v) is 9.95. The van der Waals surface area contributed by atoms with Crippen LogP contribution in [0.25, 0.3) is 0 Å². The highest BCUT2D eigenvalue weighted by atomic mass is 16.1. The number of hydrogen-bond donors (Lipinski definition) is 2. The number of rotatable bonds is 3. The molecule has 0 aliphatic heterocycles. The minimum Gasteiger partial charge on any atom is -0.321 e. The molecule has 0 bridgehead atoms. The summed E-state index contributed by atoms with van der Waals surface area (Å²) in [5.74, 6) is -0.168. The topological polar surface area (TPSA) is 57.8 Å². The van der Waals surface area contributed by atoms with Crippen LogP contribution in [0.5, 0.6) is 0 Å². The smallest absolute Gasteiger partial charge is 0.273 e. The van der Waals surface area contributed by atoms with Crippen molar-refractivity contribution in [3.8, 4) is 0 Å². The quantitative estimate of drug-likeness (QED) is 0.849. The zero-order chi connectivity index (χ0) is 12.3. The fourth-order valence-electron chi connectivity index (χ4n) is 1.61. The third-order valence-electron chi connectivity index (χ3n) is 2.54. The highest BCUT2D eigenvalue weighted by Crippen LogP contribution is 2.12. The van der Waals surface area contributed by atoms with E-state index in [0.717, 1.165) is 17.8 Å². The maximum absolute atomic E-state index is 11.8. The van der Waals surface area contributed by atoms with Gasteiger partial charge in [-0.15, -0.1) is 0 Å². The first kappa shape index (κ1) is 11.4. The molecule has 17 heavy (non-hydrogen) atoms. The number of nitrogens with zero attached hydrogens (tertiary/aromatic N) is 1. The van der Waals surface area contributed by atoms with Crippen LogP contribution in [0.4, 0.5) is 5.69 Å². The second-order valence-corrected chi connectivity index (χ2v) is 3.93. The van der Waals surface area contributed by atoms with Crippen molar-refractivity contribution in [1.29, 1.82) is 0 Å². The van der Waals surface area contributed by atoms with Crippen LogP contribution in [0.3, 0.4) is 0 Å². The second-order valence-electron chi connectivity index (χ2n) is 3.93. The van der Waals surface area contributed by atoms with E-state index in [1.54, 1.807) is 6.07 Å². The third kappa shape index (κ3) is 2.72. The summed E-state index contributed by atoms with van der Waals surface area (Å²) >= 11 is 0. The molecule has 4 heteroatoms. The van der Waals surface area contributed by atoms with Gasteiger partial charge in [0, 0.05) is 5.69 Å². The lowest BCUT2D eigenvalue weighted by Gasteiger charge is -2.05. The second kappa shape index (κ2) is 4.82. The molecule has 0 atom stereocenters. The number of carbonyl (C=O) groups excluding carboxylic acids is 1. The Morgan fingerprint density at radius 1 is 1.41 bits per heavy atom. The molecule has 0 unspecified atom stereocenters. The Labute approximate surface area is 100 Å². The predicted molar refractivity (Wildman–Crippen MR) is 67.1 cm³/mol. The standard InChI is InChI=1S/C13H15N3O/c1-3-10-5-4-6-11(8-10)14-13(17)12-7-9(2)15-16-12/h4-8H,3H2,1-2H3,(H,14,17)(H,15,16). The van der Waals surface area contributed by atoms with E-state index in [9.17, 15) is 4.79 Å². The predicted octanol–water partition coefficient (Wildman–Crippen LogP) is 2.53. The van der Waals surface area contributed by atoms with Gasteiger partial charge in [-0.3, -0.25) is 9.89 Å². The van der Waals surface area contributed by atoms with Gasteiger partial charge in [0.15, 0.2) is 0 Å². The van der Waals surface area contributed by atoms with E-state index in [2.05, 4.69) is 22.4 Å². The summed E-state index contributed by atoms with van der Waals surface area (Å²) in [6.45, 7) is 3.92. The largest absolute Gasteiger partial charge is 0.321 e. The Balaban J connectivity index is 2.12. The van der Waals surface area contributed by atoms with Crippen LogP contribution in [-0.2, 0) is 6.42 Å². The molecule has 0 aliphatic carbocycles. The summed E-state index contributed by atoms with van der Waals surface area (Å²) in [6, 6.07) is 9.54. The van der Waals surface area contributed by atoms with Gasteiger partial charge in [-0.2, -0.15) is 5.10 Å². The molecule has 0 radical (unpaired) electrons. The molecule has 0 aliphatic rings. The summed E-state index contributed by atoms with van der Waals surface area (Å²) in [6.07, 6.45) is 0.951. The molecule has 0 saturated carbocycles. The molecule has 2 rings (SSSR count). The van der Waals surface area contributed by atoms with Crippen molar-refractivity contribution in [3.05, 3.63) is 47.3 Å². The number of aromatic nitrogens is 2. The van der Waals surface area contributed by atoms with Crippen LogP contribution in [0.15, 0.2) is 30.3 Å². The summed E-state index contributed by atoms with van der Waals surface area (Å²) in [5, 5.41) is 9.46. The third-order valence-corrected chi connectivity index (χ3v) is 2.54. The van der Waals surface area contributed by atoms with Gasteiger partial charge in [-0.25, -0.2) is 0 Å². The molecule has 4 nitrogen and oxygen atoms in total. The Hall–Kier alpha value is -2.10. The monoisotopic (exact) mass is 229 g/mol. The van der Waals surface area contributed by atoms with Crippen molar-refractivity contribution in [2.45, 2.75) is 20.3 Å². The van der Waals surface area contributed by atoms with Crippen LogP contribution in [0.2, 0.25) is 0 Å². The number of nitrogens with one attached hydrogen (secondary N) is 2. The molecule has 1 aromatic heterocycles. The molecule has 1 aromatic carbocycles. The first-order chi connectivity index (χ1) is 8.19. The van der Waals surface area contributed by atoms with Crippen LogP contribution >= 0.6 is 0 Å². The summed E-state index contributed by atoms with van der Waals surface area (Å²) in [5.41, 5.74) is 3.28. The lowest BCUT2D eigenvalue weighted by atomic mass is 10.1. The lowest BCUT2D eigenvalue weighted by molar-refractivity contribution is 0.102. The molecule has 2 N–H and O–H groups in total. The maximum Gasteiger partial charge on any atom is 0.273 e. The van der Waals surface area contributed by atoms with Crippen molar-refractivity contribution in [2.75, 3.05) is 5.32 Å². The number of amides is 1. The molecule has 88 valence electrons. The number of aryl methyl sites for hydroxylation is 2. The highest BCUT2D eigenvalue weighted by Gasteiger charge is 2.08. The Morgan fingerprint density at radius 3 is 2.88 bits per heavy atom. The maximum atomic E-state index is 11.8. The average Bonchev–Trinajstić information content (AvgIpc) is 2.76. The zero-order valence-electron chi connectivity index (χ0n) is 9.95. The Kier molecular flexibility index (Phi) is 3.23. The molecule has 2 aromatic rings. The van der Waals surface area contributed by atoms with E-state index in [1.807, 2.05) is 31.2 Å². The Morgan fingerprint density at radius 2 is 2.24 bits per heavy atom. The Bertz CT molecular complexity index is 531. The number of hydrogen-bond acceptors (Lipinski definition) is 2. The van der Waals surface area contributed by atoms with E-state index in [-0.39, 0.29) is 5.91 Å². The van der Waals surface area contributed by atoms with Crippen molar-refractivity contribution < 1.29 is 4.79 Å². The summed E-state index contributed by atoms with van der Waals surface area (Å²) in [4.78, 5) is 11.8. The normalized spacial score (nSPS) is 10.2. The molecule has 0 saturated heterocycles. The van der Waals surface area contributed by atoms with Crippen molar-refractivity contribution in [3.63, 3.8) is 0 Å². The van der Waals surface area contributed by atoms with E-state index < -0.39 is 0 Å². The van der Waals surface area contributed by atoms with Gasteiger partial charge in [-0.1, -0.05) is 19.1 Å². The molecular formula is C13H15N3O. The van der Waals surface area contributed by atoms with Crippen LogP contribution in [0.1, 0.15) is 28.7 Å². The van der Waals surface area contributed by atoms with Gasteiger partial charge in [0.2, 0.25) is 0 Å². The number of carbonyl (C=O) groups is 1. The van der Waals surface area contributed by atoms with Gasteiger partial charge in [0.05, 0.1) is 5.69 Å². The van der Waals surface area contributed by atoms with E-state index in [4.69, 9.17) is 0 Å². The van der Waals surface area contributed by atoms with Gasteiger partial charge in [0.1, 0.15) is 5.69 Å². The van der Waals surface area contributed by atoms with Gasteiger partial charge in [0.25, 0.3) is 5.91 Å². The number of H-pyrrole nitrogens is 1. The molecule has 0 fully saturated rings. The SMILES string of the molecule is CCc1cccc(NC(=O)c2cc(C)n[nH]2)c1. The number of anilines is 1. The highest BCUT2D eigenvalue weighted by molar-refractivity contribution is 6.02. The fraction of sp³-hybridized carbons (Fsp3) is 0.231. The molecular weight excluding hydrogens is 214 g/mol. The molecule has 0 spiro atoms. The summed E-state index contributed by atoms with van der Waals surface area (Å²) < 4.78 is 0. The fourth-order valence-corrected chi connectivity index (χ4v) is 1.61. The number of aromatic amines is 1. The average molecular weight is 229 g/mol. The van der Waals surface area contributed by atoms with Crippen LogP contribution in [-0.4, -0.2) is 16.1 Å². The minimum absolute atomic E-state index is 0.168. The van der Waals surface area contributed by atoms with E-state index >= 15 is 0 Å². The van der Waals surface area contributed by atoms with E-state index in [0.29, 0.717) is 5.69 Å². The number of benzene rings is 1. The van der Waals surface area contributed by atoms with Gasteiger partial charge < -0.3 is 5.32 Å². The van der Waals surface area contributed by atoms with Crippen molar-refractivity contribution >= 4 is 11.6 Å². The minimum atomic E-state index is -0.168. The lowest BCUT2D eigenvalue weighted by Crippen LogP contribution is -2.12. The van der Waals surface area contributed by atoms with Crippen molar-refractivity contribution in [2.24, 2.45) is 0 Å². The molecule has 1 amide bonds. The van der Waals surface area contributed by atoms with E-state index in [1.165, 1.54) is 5.56 Å². The summed E-state index contributed by atoms with van der Waals surface area (Å²) in [7, 11) is 0.